The minimum atomic E-state index is -0.160. The summed E-state index contributed by atoms with van der Waals surface area (Å²) in [6, 6.07) is 8.12. The van der Waals surface area contributed by atoms with Crippen LogP contribution in [-0.2, 0) is 4.79 Å². The summed E-state index contributed by atoms with van der Waals surface area (Å²) in [5.41, 5.74) is 3.64. The van der Waals surface area contributed by atoms with Crippen LogP contribution < -0.4 is 9.64 Å². The van der Waals surface area contributed by atoms with Gasteiger partial charge in [0.15, 0.2) is 0 Å². The van der Waals surface area contributed by atoms with Crippen molar-refractivity contribution in [2.45, 2.75) is 44.6 Å². The van der Waals surface area contributed by atoms with E-state index in [9.17, 15) is 4.79 Å². The van der Waals surface area contributed by atoms with Crippen LogP contribution in [0.4, 0.5) is 11.5 Å². The molecule has 0 unspecified atom stereocenters. The summed E-state index contributed by atoms with van der Waals surface area (Å²) in [4.78, 5) is 30.5. The second-order valence-corrected chi connectivity index (χ2v) is 9.70. The number of carbonyl (C=O) groups excluding carboxylic acids is 1. The molecule has 3 fully saturated rings. The molecule has 31 heavy (non-hydrogen) atoms. The van der Waals surface area contributed by atoms with E-state index >= 15 is 0 Å². The molecule has 0 radical (unpaired) electrons. The summed E-state index contributed by atoms with van der Waals surface area (Å²) >= 11 is 0. The molecule has 1 saturated carbocycles. The summed E-state index contributed by atoms with van der Waals surface area (Å²) in [6.45, 7) is 4.71. The highest BCUT2D eigenvalue weighted by atomic mass is 16.5. The lowest BCUT2D eigenvalue weighted by Crippen LogP contribution is -2.44. The number of carbonyl (C=O) groups is 1. The number of aliphatic imine (C=N–C) groups is 1. The van der Waals surface area contributed by atoms with Crippen molar-refractivity contribution in [3.8, 4) is 5.75 Å². The van der Waals surface area contributed by atoms with Crippen LogP contribution in [0, 0.1) is 5.41 Å². The fourth-order valence-corrected chi connectivity index (χ4v) is 5.02. The molecule has 1 aliphatic carbocycles. The molecule has 7 nitrogen and oxygen atoms in total. The molecule has 0 N–H and O–H groups in total. The zero-order valence-electron chi connectivity index (χ0n) is 18.1. The van der Waals surface area contributed by atoms with Gasteiger partial charge in [0.25, 0.3) is 0 Å². The molecular weight excluding hydrogens is 390 g/mol. The van der Waals surface area contributed by atoms with Crippen LogP contribution in [-0.4, -0.2) is 58.8 Å². The van der Waals surface area contributed by atoms with Gasteiger partial charge in [0.05, 0.1) is 22.5 Å². The molecule has 1 amide bonds. The highest BCUT2D eigenvalue weighted by Gasteiger charge is 2.47. The zero-order valence-corrected chi connectivity index (χ0v) is 18.1. The molecule has 1 aromatic heterocycles. The number of fused-ring (bicyclic) bond motifs is 1. The number of rotatable bonds is 4. The van der Waals surface area contributed by atoms with Gasteiger partial charge in [0.2, 0.25) is 5.91 Å². The minimum Gasteiger partial charge on any atom is -0.488 e. The third kappa shape index (κ3) is 3.09. The standard InChI is InChI=1S/C24H27N5O2/c1-23(5-6-23)31-16-3-4-18-17(13-16)21(27-18)19-14-20(26-15-25-19)29-11-8-24(9-12-29)7-10-28(2)22(24)30/h3-4,13-15H,5-12H2,1-2H3. The van der Waals surface area contributed by atoms with Crippen molar-refractivity contribution >= 4 is 23.1 Å². The van der Waals surface area contributed by atoms with Gasteiger partial charge in [0, 0.05) is 38.3 Å². The zero-order chi connectivity index (χ0) is 21.2. The molecule has 1 spiro atoms. The van der Waals surface area contributed by atoms with Crippen LogP contribution in [0.25, 0.3) is 0 Å². The Morgan fingerprint density at radius 1 is 1.00 bits per heavy atom. The van der Waals surface area contributed by atoms with Crippen LogP contribution in [0.2, 0.25) is 0 Å². The molecule has 1 aromatic carbocycles. The van der Waals surface area contributed by atoms with E-state index in [0.717, 1.165) is 86.0 Å². The summed E-state index contributed by atoms with van der Waals surface area (Å²) in [5.74, 6) is 2.12. The third-order valence-electron chi connectivity index (χ3n) is 7.44. The van der Waals surface area contributed by atoms with Gasteiger partial charge in [-0.05, 0) is 57.2 Å². The number of nitrogens with zero attached hydrogens (tertiary/aromatic N) is 5. The van der Waals surface area contributed by atoms with E-state index < -0.39 is 0 Å². The van der Waals surface area contributed by atoms with Crippen molar-refractivity contribution in [1.29, 1.82) is 0 Å². The number of hydrogen-bond donors (Lipinski definition) is 0. The average Bonchev–Trinajstić information content (AvgIpc) is 3.44. The Kier molecular flexibility index (Phi) is 3.95. The molecular formula is C24H27N5O2. The van der Waals surface area contributed by atoms with Crippen LogP contribution in [0.1, 0.15) is 50.3 Å². The molecule has 3 aliphatic heterocycles. The Hall–Kier alpha value is -2.96. The maximum atomic E-state index is 12.6. The Morgan fingerprint density at radius 2 is 1.77 bits per heavy atom. The number of likely N-dealkylation sites (tertiary alicyclic amines) is 1. The maximum absolute atomic E-state index is 12.6. The summed E-state index contributed by atoms with van der Waals surface area (Å²) in [7, 11) is 1.92. The van der Waals surface area contributed by atoms with E-state index in [0.29, 0.717) is 5.91 Å². The van der Waals surface area contributed by atoms with Gasteiger partial charge in [-0.25, -0.2) is 15.0 Å². The maximum Gasteiger partial charge on any atom is 0.228 e. The first kappa shape index (κ1) is 18.8. The fraction of sp³-hybridized carbons (Fsp3) is 0.500. The van der Waals surface area contributed by atoms with E-state index in [1.54, 1.807) is 6.33 Å². The van der Waals surface area contributed by atoms with Gasteiger partial charge in [-0.15, -0.1) is 0 Å². The van der Waals surface area contributed by atoms with Crippen molar-refractivity contribution in [3.05, 3.63) is 41.9 Å². The molecule has 0 bridgehead atoms. The molecule has 4 heterocycles. The largest absolute Gasteiger partial charge is 0.488 e. The molecule has 2 aromatic rings. The lowest BCUT2D eigenvalue weighted by molar-refractivity contribution is -0.135. The highest BCUT2D eigenvalue weighted by molar-refractivity contribution is 6.21. The second kappa shape index (κ2) is 6.52. The Morgan fingerprint density at radius 3 is 2.48 bits per heavy atom. The SMILES string of the molecule is CN1CCC2(CCN(c3cc(C4=Nc5ccc(OC6(C)CC6)cc54)ncn3)CC2)C1=O. The molecule has 4 aliphatic rings. The number of hydrogen-bond acceptors (Lipinski definition) is 6. The average molecular weight is 418 g/mol. The Balaban J connectivity index is 1.19. The monoisotopic (exact) mass is 417 g/mol. The van der Waals surface area contributed by atoms with Crippen molar-refractivity contribution in [2.75, 3.05) is 31.6 Å². The second-order valence-electron chi connectivity index (χ2n) is 9.70. The van der Waals surface area contributed by atoms with Crippen LogP contribution >= 0.6 is 0 Å². The third-order valence-corrected chi connectivity index (χ3v) is 7.44. The number of benzene rings is 1. The number of anilines is 1. The predicted molar refractivity (Wildman–Crippen MR) is 118 cm³/mol. The minimum absolute atomic E-state index is 0.00148. The smallest absolute Gasteiger partial charge is 0.228 e. The molecule has 7 heteroatoms. The van der Waals surface area contributed by atoms with Gasteiger partial charge < -0.3 is 14.5 Å². The van der Waals surface area contributed by atoms with Gasteiger partial charge in [-0.1, -0.05) is 0 Å². The number of piperidine rings is 1. The van der Waals surface area contributed by atoms with Crippen molar-refractivity contribution in [3.63, 3.8) is 0 Å². The number of amides is 1. The van der Waals surface area contributed by atoms with E-state index in [-0.39, 0.29) is 11.0 Å². The van der Waals surface area contributed by atoms with E-state index in [2.05, 4.69) is 32.9 Å². The Bertz CT molecular complexity index is 1100. The van der Waals surface area contributed by atoms with Crippen molar-refractivity contribution in [2.24, 2.45) is 10.4 Å². The lowest BCUT2D eigenvalue weighted by Gasteiger charge is -2.38. The van der Waals surface area contributed by atoms with Crippen LogP contribution in [0.3, 0.4) is 0 Å². The quantitative estimate of drug-likeness (QED) is 0.651. The van der Waals surface area contributed by atoms with Crippen LogP contribution in [0.5, 0.6) is 5.75 Å². The van der Waals surface area contributed by atoms with Gasteiger partial charge >= 0.3 is 0 Å². The number of ether oxygens (including phenoxy) is 1. The molecule has 160 valence electrons. The lowest BCUT2D eigenvalue weighted by atomic mass is 9.77. The van der Waals surface area contributed by atoms with E-state index in [1.807, 2.05) is 30.1 Å². The molecule has 0 atom stereocenters. The first-order valence-corrected chi connectivity index (χ1v) is 11.2. The van der Waals surface area contributed by atoms with Gasteiger partial charge in [-0.2, -0.15) is 0 Å². The first-order chi connectivity index (χ1) is 14.9. The van der Waals surface area contributed by atoms with E-state index in [4.69, 9.17) is 4.74 Å². The normalized spacial score (nSPS) is 22.8. The van der Waals surface area contributed by atoms with Crippen LogP contribution in [0.15, 0.2) is 35.6 Å². The van der Waals surface area contributed by atoms with Gasteiger partial charge in [0.1, 0.15) is 23.5 Å². The van der Waals surface area contributed by atoms with Gasteiger partial charge in [-0.3, -0.25) is 4.79 Å². The van der Waals surface area contributed by atoms with E-state index in [1.165, 1.54) is 0 Å². The topological polar surface area (TPSA) is 70.9 Å². The highest BCUT2D eigenvalue weighted by Crippen LogP contribution is 2.43. The van der Waals surface area contributed by atoms with Crippen molar-refractivity contribution < 1.29 is 9.53 Å². The fourth-order valence-electron chi connectivity index (χ4n) is 5.02. The molecule has 6 rings (SSSR count). The summed E-state index contributed by atoms with van der Waals surface area (Å²) in [5, 5.41) is 0. The predicted octanol–water partition coefficient (Wildman–Crippen LogP) is 3.34. The van der Waals surface area contributed by atoms with Crippen molar-refractivity contribution in [1.82, 2.24) is 14.9 Å². The summed E-state index contributed by atoms with van der Waals surface area (Å²) in [6.07, 6.45) is 6.59. The first-order valence-electron chi connectivity index (χ1n) is 11.2. The molecule has 2 saturated heterocycles. The Labute approximate surface area is 182 Å². The summed E-state index contributed by atoms with van der Waals surface area (Å²) < 4.78 is 6.12. The number of aromatic nitrogens is 2.